The standard InChI is InChI=1S/C25H30F2N2O.C9H11N3/c1-7-9-19-10-11-20(12-18(19)5)24(30)28-22-13-21(25(6,26)27)14-23(15-22)29(8-2)16-17(3)4;1-3-7-4-8-6(2)11-12-9(8)10-5-7/h8,10-16H,2,7,9H2,1,3-6H3,(H,28,30);4-5H,3H2,1-2H3,(H,10,11,12). The van der Waals surface area contributed by atoms with Gasteiger partial charge in [0.2, 0.25) is 0 Å². The SMILES string of the molecule is C=CN(C=C(C)C)c1cc(NC(=O)c2ccc(CCC)c(C)c2)cc(C(C)(F)F)c1.CCc1cnc2n[nH]c(C)c2c1. The minimum Gasteiger partial charge on any atom is -0.324 e. The molecule has 0 saturated heterocycles. The molecule has 4 rings (SSSR count). The number of aromatic nitrogens is 3. The molecule has 0 aliphatic rings. The van der Waals surface area contributed by atoms with Crippen LogP contribution in [0.2, 0.25) is 0 Å². The number of amides is 1. The topological polar surface area (TPSA) is 73.9 Å². The van der Waals surface area contributed by atoms with Gasteiger partial charge in [0, 0.05) is 59.1 Å². The molecule has 1 amide bonds. The van der Waals surface area contributed by atoms with E-state index >= 15 is 0 Å². The van der Waals surface area contributed by atoms with Crippen LogP contribution in [0.15, 0.2) is 73.2 Å². The Morgan fingerprint density at radius 2 is 1.86 bits per heavy atom. The molecule has 0 saturated carbocycles. The second-order valence-corrected chi connectivity index (χ2v) is 10.7. The van der Waals surface area contributed by atoms with Gasteiger partial charge in [-0.05, 0) is 93.6 Å². The number of benzene rings is 2. The third-order valence-corrected chi connectivity index (χ3v) is 6.76. The Labute approximate surface area is 247 Å². The molecule has 222 valence electrons. The summed E-state index contributed by atoms with van der Waals surface area (Å²) in [7, 11) is 0. The van der Waals surface area contributed by atoms with Gasteiger partial charge in [0.05, 0.1) is 0 Å². The number of hydrogen-bond donors (Lipinski definition) is 2. The van der Waals surface area contributed by atoms with Crippen molar-refractivity contribution in [2.24, 2.45) is 0 Å². The molecule has 0 radical (unpaired) electrons. The predicted octanol–water partition coefficient (Wildman–Crippen LogP) is 9.01. The van der Waals surface area contributed by atoms with Gasteiger partial charge in [-0.2, -0.15) is 5.10 Å². The molecule has 0 unspecified atom stereocenters. The number of fused-ring (bicyclic) bond motifs is 1. The highest BCUT2D eigenvalue weighted by Crippen LogP contribution is 2.33. The number of carbonyl (C=O) groups excluding carboxylic acids is 1. The lowest BCUT2D eigenvalue weighted by atomic mass is 10.0. The van der Waals surface area contributed by atoms with Crippen molar-refractivity contribution < 1.29 is 13.6 Å². The fourth-order valence-electron chi connectivity index (χ4n) is 4.44. The zero-order valence-electron chi connectivity index (χ0n) is 25.6. The van der Waals surface area contributed by atoms with E-state index < -0.39 is 5.92 Å². The molecule has 2 aromatic carbocycles. The molecule has 2 heterocycles. The summed E-state index contributed by atoms with van der Waals surface area (Å²) >= 11 is 0. The highest BCUT2D eigenvalue weighted by molar-refractivity contribution is 6.04. The number of aryl methyl sites for hydroxylation is 4. The number of alkyl halides is 2. The Morgan fingerprint density at radius 1 is 1.12 bits per heavy atom. The molecule has 6 nitrogen and oxygen atoms in total. The van der Waals surface area contributed by atoms with Gasteiger partial charge in [0.15, 0.2) is 5.65 Å². The number of halogens is 2. The fourth-order valence-corrected chi connectivity index (χ4v) is 4.44. The summed E-state index contributed by atoms with van der Waals surface area (Å²) in [5, 5.41) is 10.9. The lowest BCUT2D eigenvalue weighted by Crippen LogP contribution is -2.16. The van der Waals surface area contributed by atoms with Crippen LogP contribution in [0, 0.1) is 13.8 Å². The van der Waals surface area contributed by atoms with Crippen molar-refractivity contribution >= 4 is 28.3 Å². The van der Waals surface area contributed by atoms with Crippen LogP contribution >= 0.6 is 0 Å². The summed E-state index contributed by atoms with van der Waals surface area (Å²) in [6.45, 7) is 16.6. The number of pyridine rings is 1. The van der Waals surface area contributed by atoms with Gasteiger partial charge in [0.1, 0.15) is 0 Å². The average molecular weight is 574 g/mol. The van der Waals surface area contributed by atoms with E-state index in [1.54, 1.807) is 29.4 Å². The number of anilines is 2. The summed E-state index contributed by atoms with van der Waals surface area (Å²) in [6.07, 6.45) is 8.21. The highest BCUT2D eigenvalue weighted by atomic mass is 19.3. The molecule has 0 bridgehead atoms. The van der Waals surface area contributed by atoms with Crippen LogP contribution in [0.5, 0.6) is 0 Å². The van der Waals surface area contributed by atoms with Crippen molar-refractivity contribution in [3.63, 3.8) is 0 Å². The van der Waals surface area contributed by atoms with Gasteiger partial charge in [-0.15, -0.1) is 0 Å². The number of carbonyl (C=O) groups is 1. The molecule has 0 atom stereocenters. The number of nitrogens with one attached hydrogen (secondary N) is 2. The van der Waals surface area contributed by atoms with Crippen molar-refractivity contribution in [2.45, 2.75) is 73.7 Å². The van der Waals surface area contributed by atoms with Gasteiger partial charge >= 0.3 is 0 Å². The monoisotopic (exact) mass is 573 g/mol. The second kappa shape index (κ2) is 14.0. The van der Waals surface area contributed by atoms with Crippen LogP contribution in [0.3, 0.4) is 0 Å². The highest BCUT2D eigenvalue weighted by Gasteiger charge is 2.26. The van der Waals surface area contributed by atoms with E-state index in [2.05, 4.69) is 47.0 Å². The van der Waals surface area contributed by atoms with Crippen molar-refractivity contribution in [2.75, 3.05) is 10.2 Å². The van der Waals surface area contributed by atoms with E-state index in [1.165, 1.54) is 23.3 Å². The van der Waals surface area contributed by atoms with Crippen LogP contribution in [0.25, 0.3) is 11.0 Å². The molecule has 8 heteroatoms. The molecule has 0 spiro atoms. The third-order valence-electron chi connectivity index (χ3n) is 6.76. The van der Waals surface area contributed by atoms with Crippen LogP contribution < -0.4 is 10.2 Å². The maximum atomic E-state index is 14.1. The van der Waals surface area contributed by atoms with Crippen molar-refractivity contribution in [3.8, 4) is 0 Å². The smallest absolute Gasteiger partial charge is 0.270 e. The summed E-state index contributed by atoms with van der Waals surface area (Å²) < 4.78 is 28.2. The first kappa shape index (κ1) is 32.2. The Balaban J connectivity index is 0.000000332. The van der Waals surface area contributed by atoms with Crippen LogP contribution in [-0.2, 0) is 18.8 Å². The van der Waals surface area contributed by atoms with Gasteiger partial charge in [0.25, 0.3) is 11.8 Å². The van der Waals surface area contributed by atoms with E-state index in [4.69, 9.17) is 0 Å². The summed E-state index contributed by atoms with van der Waals surface area (Å²) in [6, 6.07) is 12.1. The molecule has 0 aliphatic heterocycles. The minimum absolute atomic E-state index is 0.182. The van der Waals surface area contributed by atoms with Crippen LogP contribution in [0.1, 0.15) is 79.3 Å². The van der Waals surface area contributed by atoms with Crippen LogP contribution in [0.4, 0.5) is 20.2 Å². The molecule has 2 aromatic heterocycles. The maximum absolute atomic E-state index is 14.1. The second-order valence-electron chi connectivity index (χ2n) is 10.7. The molecule has 4 aromatic rings. The zero-order chi connectivity index (χ0) is 31.0. The van der Waals surface area contributed by atoms with Gasteiger partial charge < -0.3 is 10.2 Å². The lowest BCUT2D eigenvalue weighted by Gasteiger charge is -2.21. The first-order valence-electron chi connectivity index (χ1n) is 14.2. The Hall–Kier alpha value is -4.33. The Kier molecular flexibility index (Phi) is 10.8. The minimum atomic E-state index is -3.05. The van der Waals surface area contributed by atoms with Crippen molar-refractivity contribution in [1.82, 2.24) is 15.2 Å². The largest absolute Gasteiger partial charge is 0.324 e. The average Bonchev–Trinajstić information content (AvgIpc) is 3.32. The predicted molar refractivity (Wildman–Crippen MR) is 169 cm³/mol. The maximum Gasteiger partial charge on any atom is 0.270 e. The number of hydrogen-bond acceptors (Lipinski definition) is 4. The molecule has 0 aliphatic carbocycles. The Bertz CT molecular complexity index is 1580. The quantitative estimate of drug-likeness (QED) is 0.210. The summed E-state index contributed by atoms with van der Waals surface area (Å²) in [5.41, 5.74) is 7.49. The number of rotatable bonds is 9. The van der Waals surface area contributed by atoms with E-state index in [0.717, 1.165) is 54.1 Å². The number of H-pyrrole nitrogens is 1. The summed E-state index contributed by atoms with van der Waals surface area (Å²) in [5.74, 6) is -3.39. The van der Waals surface area contributed by atoms with Gasteiger partial charge in [-0.25, -0.2) is 13.8 Å². The number of aromatic amines is 1. The van der Waals surface area contributed by atoms with E-state index in [9.17, 15) is 13.6 Å². The fraction of sp³-hybridized carbons (Fsp3) is 0.324. The first-order chi connectivity index (χ1) is 19.9. The number of allylic oxidation sites excluding steroid dienone is 1. The molecular formula is C34H41F2N5O. The van der Waals surface area contributed by atoms with Crippen molar-refractivity contribution in [1.29, 1.82) is 0 Å². The van der Waals surface area contributed by atoms with E-state index in [-0.39, 0.29) is 11.5 Å². The normalized spacial score (nSPS) is 11.0. The zero-order valence-corrected chi connectivity index (χ0v) is 25.6. The molecular weight excluding hydrogens is 532 g/mol. The third kappa shape index (κ3) is 8.35. The van der Waals surface area contributed by atoms with E-state index in [1.807, 2.05) is 46.0 Å². The molecule has 42 heavy (non-hydrogen) atoms. The lowest BCUT2D eigenvalue weighted by molar-refractivity contribution is 0.0175. The number of nitrogens with zero attached hydrogens (tertiary/aromatic N) is 3. The van der Waals surface area contributed by atoms with Crippen molar-refractivity contribution in [3.05, 3.63) is 107 Å². The van der Waals surface area contributed by atoms with E-state index in [0.29, 0.717) is 16.9 Å². The molecule has 2 N–H and O–H groups in total. The van der Waals surface area contributed by atoms with Gasteiger partial charge in [-0.3, -0.25) is 9.89 Å². The van der Waals surface area contributed by atoms with Crippen LogP contribution in [-0.4, -0.2) is 21.1 Å². The Morgan fingerprint density at radius 3 is 2.45 bits per heavy atom. The summed E-state index contributed by atoms with van der Waals surface area (Å²) in [4.78, 5) is 18.7. The first-order valence-corrected chi connectivity index (χ1v) is 14.2. The molecule has 0 fully saturated rings. The van der Waals surface area contributed by atoms with Gasteiger partial charge in [-0.1, -0.05) is 38.5 Å².